The maximum absolute atomic E-state index is 14.1. The molecular formula is C27H26N2O5S2. The van der Waals surface area contributed by atoms with Crippen LogP contribution in [0.1, 0.15) is 57.0 Å². The zero-order valence-corrected chi connectivity index (χ0v) is 21.7. The first-order chi connectivity index (χ1) is 17.5. The minimum absolute atomic E-state index is 0.227. The number of rotatable bonds is 5. The Morgan fingerprint density at radius 2 is 1.92 bits per heavy atom. The van der Waals surface area contributed by atoms with Gasteiger partial charge in [-0.25, -0.2) is 14.8 Å². The summed E-state index contributed by atoms with van der Waals surface area (Å²) < 4.78 is 5.37. The number of amides is 2. The molecule has 7 nitrogen and oxygen atoms in total. The molecule has 6 rings (SSSR count). The van der Waals surface area contributed by atoms with Crippen LogP contribution in [0.3, 0.4) is 0 Å². The Balaban J connectivity index is 1.44. The largest absolute Gasteiger partial charge is 0.462 e. The molecule has 2 fully saturated rings. The van der Waals surface area contributed by atoms with Crippen LogP contribution in [-0.2, 0) is 32.0 Å². The van der Waals surface area contributed by atoms with Crippen LogP contribution in [0.4, 0.5) is 10.7 Å². The van der Waals surface area contributed by atoms with Gasteiger partial charge >= 0.3 is 5.97 Å². The molecule has 2 aromatic heterocycles. The van der Waals surface area contributed by atoms with Crippen LogP contribution in [0.15, 0.2) is 41.8 Å². The number of aryl methyl sites for hydroxylation is 2. The number of esters is 1. The van der Waals surface area contributed by atoms with Crippen LogP contribution in [0.25, 0.3) is 0 Å². The summed E-state index contributed by atoms with van der Waals surface area (Å²) >= 11 is 2.91. The Kier molecular flexibility index (Phi) is 5.94. The van der Waals surface area contributed by atoms with Gasteiger partial charge in [-0.3, -0.25) is 14.4 Å². The number of benzene rings is 1. The van der Waals surface area contributed by atoms with Crippen molar-refractivity contribution in [2.24, 2.45) is 5.92 Å². The second kappa shape index (κ2) is 9.14. The van der Waals surface area contributed by atoms with Crippen molar-refractivity contribution in [1.82, 2.24) is 0 Å². The van der Waals surface area contributed by atoms with Gasteiger partial charge < -0.3 is 4.74 Å². The topological polar surface area (TPSA) is 76.2 Å². The lowest BCUT2D eigenvalue weighted by molar-refractivity contribution is -0.126. The number of hydroxylamine groups is 1. The molecule has 0 saturated carbocycles. The molecule has 0 spiro atoms. The van der Waals surface area contributed by atoms with Gasteiger partial charge in [0.25, 0.3) is 5.91 Å². The van der Waals surface area contributed by atoms with Crippen molar-refractivity contribution >= 4 is 51.1 Å². The summed E-state index contributed by atoms with van der Waals surface area (Å²) in [5.74, 6) is -1.94. The van der Waals surface area contributed by atoms with E-state index >= 15 is 0 Å². The summed E-state index contributed by atoms with van der Waals surface area (Å²) in [5, 5.41) is 4.08. The number of ether oxygens (including phenoxy) is 1. The van der Waals surface area contributed by atoms with Gasteiger partial charge in [0.15, 0.2) is 6.10 Å². The van der Waals surface area contributed by atoms with E-state index < -0.39 is 29.9 Å². The number of carbonyl (C=O) groups is 3. The van der Waals surface area contributed by atoms with E-state index in [0.717, 1.165) is 52.3 Å². The smallest absolute Gasteiger partial charge is 0.341 e. The van der Waals surface area contributed by atoms with Gasteiger partial charge in [0.1, 0.15) is 17.0 Å². The highest BCUT2D eigenvalue weighted by atomic mass is 32.1. The van der Waals surface area contributed by atoms with E-state index in [1.807, 2.05) is 48.7 Å². The lowest BCUT2D eigenvalue weighted by Gasteiger charge is -2.28. The number of thiophene rings is 2. The van der Waals surface area contributed by atoms with Gasteiger partial charge in [-0.1, -0.05) is 24.3 Å². The number of hydrogen-bond acceptors (Lipinski definition) is 8. The van der Waals surface area contributed by atoms with E-state index in [1.165, 1.54) is 27.6 Å². The van der Waals surface area contributed by atoms with Crippen molar-refractivity contribution in [2.75, 3.05) is 16.6 Å². The van der Waals surface area contributed by atoms with Crippen molar-refractivity contribution in [3.8, 4) is 0 Å². The fourth-order valence-electron chi connectivity index (χ4n) is 5.51. The Hall–Kier alpha value is -3.01. The number of fused-ring (bicyclic) bond motifs is 2. The zero-order chi connectivity index (χ0) is 25.0. The standard InChI is InChI=1S/C27H26N2O5S2/c1-3-33-27(32)20-16-10-5-7-12-18(16)36-26(20)28-24(30)21-22(19-13-8-14-35-19)29(34-23(21)25(28)31)17-11-6-4-9-15(17)2/h4,6,8-9,11,13-14,21-23H,3,5,7,10,12H2,1-2H3/t21-,22+,23-/m0/s1. The predicted octanol–water partition coefficient (Wildman–Crippen LogP) is 5.22. The molecule has 36 heavy (non-hydrogen) atoms. The number of imide groups is 1. The molecule has 0 unspecified atom stereocenters. The zero-order valence-electron chi connectivity index (χ0n) is 20.1. The molecule has 186 valence electrons. The molecule has 9 heteroatoms. The van der Waals surface area contributed by atoms with Gasteiger partial charge in [-0.05, 0) is 68.2 Å². The quantitative estimate of drug-likeness (QED) is 0.338. The van der Waals surface area contributed by atoms with Crippen LogP contribution in [0.2, 0.25) is 0 Å². The molecule has 4 heterocycles. The third-order valence-corrected chi connectivity index (χ3v) is 9.36. The maximum Gasteiger partial charge on any atom is 0.341 e. The number of hydrogen-bond donors (Lipinski definition) is 0. The summed E-state index contributed by atoms with van der Waals surface area (Å²) in [5.41, 5.74) is 3.12. The first-order valence-electron chi connectivity index (χ1n) is 12.3. The molecule has 3 aliphatic rings. The molecule has 2 saturated heterocycles. The van der Waals surface area contributed by atoms with Crippen molar-refractivity contribution < 1.29 is 24.0 Å². The second-order valence-corrected chi connectivity index (χ2v) is 11.3. The number of nitrogens with zero attached hydrogens (tertiary/aromatic N) is 2. The van der Waals surface area contributed by atoms with Gasteiger partial charge in [-0.2, -0.15) is 0 Å². The molecule has 2 amide bonds. The number of para-hydroxylation sites is 1. The molecule has 2 aliphatic heterocycles. The van der Waals surface area contributed by atoms with Gasteiger partial charge in [-0.15, -0.1) is 22.7 Å². The average Bonchev–Trinajstić information content (AvgIpc) is 3.64. The Labute approximate surface area is 217 Å². The van der Waals surface area contributed by atoms with Crippen LogP contribution in [0, 0.1) is 12.8 Å². The van der Waals surface area contributed by atoms with E-state index in [-0.39, 0.29) is 12.5 Å². The van der Waals surface area contributed by atoms with Gasteiger partial charge in [0, 0.05) is 9.75 Å². The Morgan fingerprint density at radius 1 is 1.11 bits per heavy atom. The molecule has 3 aromatic rings. The summed E-state index contributed by atoms with van der Waals surface area (Å²) in [6.07, 6.45) is 2.62. The predicted molar refractivity (Wildman–Crippen MR) is 138 cm³/mol. The SMILES string of the molecule is CCOC(=O)c1c(N2C(=O)[C@@H]3[C@H](ON(c4ccccc4C)[C@@H]3c3cccs3)C2=O)sc2c1CCCC2. The third-order valence-electron chi connectivity index (χ3n) is 7.14. The average molecular weight is 523 g/mol. The highest BCUT2D eigenvalue weighted by molar-refractivity contribution is 7.17. The lowest BCUT2D eigenvalue weighted by Crippen LogP contribution is -2.37. The van der Waals surface area contributed by atoms with Crippen molar-refractivity contribution in [2.45, 2.75) is 51.7 Å². The summed E-state index contributed by atoms with van der Waals surface area (Å²) in [4.78, 5) is 50.4. The van der Waals surface area contributed by atoms with Crippen LogP contribution < -0.4 is 9.96 Å². The van der Waals surface area contributed by atoms with E-state index in [2.05, 4.69) is 0 Å². The molecular weight excluding hydrogens is 496 g/mol. The summed E-state index contributed by atoms with van der Waals surface area (Å²) in [6.45, 7) is 3.97. The fourth-order valence-corrected chi connectivity index (χ4v) is 7.75. The van der Waals surface area contributed by atoms with E-state index in [4.69, 9.17) is 9.57 Å². The van der Waals surface area contributed by atoms with Crippen LogP contribution in [-0.4, -0.2) is 30.5 Å². The summed E-state index contributed by atoms with van der Waals surface area (Å²) in [6, 6.07) is 11.3. The van der Waals surface area contributed by atoms with Crippen LogP contribution >= 0.6 is 22.7 Å². The Morgan fingerprint density at radius 3 is 2.67 bits per heavy atom. The van der Waals surface area contributed by atoms with Gasteiger partial charge in [0.2, 0.25) is 5.91 Å². The normalized spacial score (nSPS) is 23.2. The molecule has 0 radical (unpaired) electrons. The first kappa shape index (κ1) is 23.4. The van der Waals surface area contributed by atoms with E-state index in [1.54, 1.807) is 12.0 Å². The first-order valence-corrected chi connectivity index (χ1v) is 13.9. The molecule has 1 aromatic carbocycles. The van der Waals surface area contributed by atoms with Crippen molar-refractivity contribution in [3.05, 3.63) is 68.2 Å². The van der Waals surface area contributed by atoms with E-state index in [9.17, 15) is 14.4 Å². The van der Waals surface area contributed by atoms with Gasteiger partial charge in [0.05, 0.1) is 17.9 Å². The van der Waals surface area contributed by atoms with Crippen LogP contribution in [0.5, 0.6) is 0 Å². The minimum atomic E-state index is -0.960. The fraction of sp³-hybridized carbons (Fsp3) is 0.370. The molecule has 3 atom stereocenters. The van der Waals surface area contributed by atoms with Crippen molar-refractivity contribution in [1.29, 1.82) is 0 Å². The Bertz CT molecular complexity index is 1350. The highest BCUT2D eigenvalue weighted by Gasteiger charge is 2.61. The lowest BCUT2D eigenvalue weighted by atomic mass is 9.94. The molecule has 1 aliphatic carbocycles. The highest BCUT2D eigenvalue weighted by Crippen LogP contribution is 2.51. The minimum Gasteiger partial charge on any atom is -0.462 e. The van der Waals surface area contributed by atoms with E-state index in [0.29, 0.717) is 10.6 Å². The third kappa shape index (κ3) is 3.52. The maximum atomic E-state index is 14.1. The summed E-state index contributed by atoms with van der Waals surface area (Å²) in [7, 11) is 0. The van der Waals surface area contributed by atoms with Crippen molar-refractivity contribution in [3.63, 3.8) is 0 Å². The molecule has 0 bridgehead atoms. The number of carbonyl (C=O) groups excluding carboxylic acids is 3. The molecule has 0 N–H and O–H groups in total. The number of anilines is 2. The monoisotopic (exact) mass is 522 g/mol. The second-order valence-electron chi connectivity index (χ2n) is 9.25.